The Kier molecular flexibility index (Phi) is 3.10. The number of amides is 4. The molecule has 0 spiro atoms. The summed E-state index contributed by atoms with van der Waals surface area (Å²) in [5, 5.41) is 10.8. The minimum Gasteiger partial charge on any atom is -0.393 e. The lowest BCUT2D eigenvalue weighted by atomic mass is 10.1. The Hall–Kier alpha value is -2.97. The highest BCUT2D eigenvalue weighted by molar-refractivity contribution is 6.44. The number of anilines is 1. The summed E-state index contributed by atoms with van der Waals surface area (Å²) in [6, 6.07) is 3.16. The maximum atomic E-state index is 11.7. The molecule has 0 aliphatic carbocycles. The van der Waals surface area contributed by atoms with E-state index >= 15 is 0 Å². The molecule has 4 amide bonds. The van der Waals surface area contributed by atoms with E-state index in [-0.39, 0.29) is 17.9 Å². The van der Waals surface area contributed by atoms with Gasteiger partial charge in [-0.15, -0.1) is 0 Å². The van der Waals surface area contributed by atoms with Crippen molar-refractivity contribution >= 4 is 29.2 Å². The number of nitro benzene ring substituents is 1. The average Bonchev–Trinajstić information content (AvgIpc) is 2.58. The number of urea groups is 1. The minimum absolute atomic E-state index is 0.0222. The van der Waals surface area contributed by atoms with Crippen LogP contribution in [0.4, 0.5) is 16.2 Å². The normalized spacial score (nSPS) is 15.2. The van der Waals surface area contributed by atoms with Gasteiger partial charge in [0.2, 0.25) is 0 Å². The Labute approximate surface area is 112 Å². The fraction of sp³-hybridized carbons (Fsp3) is 0.182. The minimum atomic E-state index is -0.961. The van der Waals surface area contributed by atoms with Gasteiger partial charge in [0.05, 0.1) is 11.5 Å². The van der Waals surface area contributed by atoms with Gasteiger partial charge in [0.1, 0.15) is 5.69 Å². The molecule has 0 bridgehead atoms. The summed E-state index contributed by atoms with van der Waals surface area (Å²) in [4.78, 5) is 46.1. The number of carbonyl (C=O) groups excluding carboxylic acids is 3. The van der Waals surface area contributed by atoms with Gasteiger partial charge < -0.3 is 5.73 Å². The number of nitro groups is 1. The predicted octanol–water partition coefficient (Wildman–Crippen LogP) is 0.0976. The molecule has 1 fully saturated rings. The van der Waals surface area contributed by atoms with Crippen LogP contribution >= 0.6 is 0 Å². The lowest BCUT2D eigenvalue weighted by Gasteiger charge is -2.12. The summed E-state index contributed by atoms with van der Waals surface area (Å²) in [7, 11) is 1.19. The first-order chi connectivity index (χ1) is 9.32. The zero-order valence-corrected chi connectivity index (χ0v) is 10.4. The molecule has 1 aliphatic heterocycles. The Morgan fingerprint density at radius 1 is 1.25 bits per heavy atom. The van der Waals surface area contributed by atoms with E-state index in [0.29, 0.717) is 10.5 Å². The zero-order valence-electron chi connectivity index (χ0n) is 10.4. The molecule has 1 aromatic rings. The van der Waals surface area contributed by atoms with E-state index in [0.717, 1.165) is 4.90 Å². The number of hydrogen-bond acceptors (Lipinski definition) is 6. The number of likely N-dealkylation sites (N-methyl/N-ethyl adjacent to an activating group) is 1. The predicted molar refractivity (Wildman–Crippen MR) is 66.2 cm³/mol. The van der Waals surface area contributed by atoms with Gasteiger partial charge >= 0.3 is 17.8 Å². The van der Waals surface area contributed by atoms with E-state index in [2.05, 4.69) is 0 Å². The molecule has 9 nitrogen and oxygen atoms in total. The highest BCUT2D eigenvalue weighted by atomic mass is 16.6. The fourth-order valence-electron chi connectivity index (χ4n) is 1.78. The van der Waals surface area contributed by atoms with Gasteiger partial charge in [-0.25, -0.2) is 4.79 Å². The molecule has 1 aromatic carbocycles. The summed E-state index contributed by atoms with van der Waals surface area (Å²) in [5.74, 6) is -1.89. The van der Waals surface area contributed by atoms with Crippen LogP contribution in [0.25, 0.3) is 0 Å². The second kappa shape index (κ2) is 4.61. The second-order valence-corrected chi connectivity index (χ2v) is 4.19. The van der Waals surface area contributed by atoms with Crippen LogP contribution in [0, 0.1) is 10.1 Å². The number of nitrogens with two attached hydrogens (primary N) is 1. The van der Waals surface area contributed by atoms with Gasteiger partial charge in [-0.3, -0.25) is 29.5 Å². The van der Waals surface area contributed by atoms with Crippen LogP contribution in [0.1, 0.15) is 5.56 Å². The quantitative estimate of drug-likeness (QED) is 0.274. The standard InChI is InChI=1S/C11H10N4O5/c1-13-9(16)10(17)14(11(13)18)5-6-2-3-7(12)8(4-6)15(19)20/h2-4H,5,12H2,1H3. The van der Waals surface area contributed by atoms with Crippen LogP contribution in [0.15, 0.2) is 18.2 Å². The first-order valence-electron chi connectivity index (χ1n) is 5.49. The van der Waals surface area contributed by atoms with Crippen molar-refractivity contribution in [2.24, 2.45) is 0 Å². The summed E-state index contributed by atoms with van der Waals surface area (Å²) >= 11 is 0. The van der Waals surface area contributed by atoms with Crippen molar-refractivity contribution in [3.63, 3.8) is 0 Å². The van der Waals surface area contributed by atoms with Crippen molar-refractivity contribution in [2.75, 3.05) is 12.8 Å². The van der Waals surface area contributed by atoms with Gasteiger partial charge in [-0.1, -0.05) is 6.07 Å². The SMILES string of the molecule is CN1C(=O)C(=O)N(Cc2ccc(N)c([N+](=O)[O-])c2)C1=O. The molecule has 0 unspecified atom stereocenters. The van der Waals surface area contributed by atoms with Gasteiger partial charge in [-0.05, 0) is 11.6 Å². The van der Waals surface area contributed by atoms with E-state index < -0.39 is 22.8 Å². The van der Waals surface area contributed by atoms with E-state index in [4.69, 9.17) is 5.73 Å². The molecule has 20 heavy (non-hydrogen) atoms. The van der Waals surface area contributed by atoms with E-state index in [1.807, 2.05) is 0 Å². The molecule has 2 N–H and O–H groups in total. The van der Waals surface area contributed by atoms with Crippen LogP contribution in [0.3, 0.4) is 0 Å². The maximum Gasteiger partial charge on any atom is 0.334 e. The largest absolute Gasteiger partial charge is 0.393 e. The molecule has 0 radical (unpaired) electrons. The summed E-state index contributed by atoms with van der Waals surface area (Å²) in [6.45, 7) is -0.227. The van der Waals surface area contributed by atoms with Crippen molar-refractivity contribution in [3.05, 3.63) is 33.9 Å². The fourth-order valence-corrected chi connectivity index (χ4v) is 1.78. The van der Waals surface area contributed by atoms with Crippen molar-refractivity contribution in [1.29, 1.82) is 0 Å². The van der Waals surface area contributed by atoms with Crippen molar-refractivity contribution in [1.82, 2.24) is 9.80 Å². The van der Waals surface area contributed by atoms with Crippen molar-refractivity contribution < 1.29 is 19.3 Å². The van der Waals surface area contributed by atoms with Crippen LogP contribution in [0.5, 0.6) is 0 Å². The Morgan fingerprint density at radius 3 is 2.40 bits per heavy atom. The molecule has 1 aliphatic rings. The van der Waals surface area contributed by atoms with Gasteiger partial charge in [-0.2, -0.15) is 0 Å². The highest BCUT2D eigenvalue weighted by Crippen LogP contribution is 2.24. The van der Waals surface area contributed by atoms with Crippen molar-refractivity contribution in [3.8, 4) is 0 Å². The summed E-state index contributed by atoms with van der Waals surface area (Å²) in [6.07, 6.45) is 0. The van der Waals surface area contributed by atoms with Gasteiger partial charge in [0.15, 0.2) is 0 Å². The Balaban J connectivity index is 2.29. The molecule has 0 saturated carbocycles. The lowest BCUT2D eigenvalue weighted by molar-refractivity contribution is -0.384. The smallest absolute Gasteiger partial charge is 0.334 e. The maximum absolute atomic E-state index is 11.7. The molecule has 1 heterocycles. The second-order valence-electron chi connectivity index (χ2n) is 4.19. The van der Waals surface area contributed by atoms with Gasteiger partial charge in [0.25, 0.3) is 5.69 Å². The Bertz CT molecular complexity index is 642. The Morgan fingerprint density at radius 2 is 1.90 bits per heavy atom. The molecule has 0 atom stereocenters. The molecule has 1 saturated heterocycles. The van der Waals surface area contributed by atoms with Crippen LogP contribution in [-0.2, 0) is 16.1 Å². The number of rotatable bonds is 3. The number of nitrogens with zero attached hydrogens (tertiary/aromatic N) is 3. The number of nitrogen functional groups attached to an aromatic ring is 1. The summed E-state index contributed by atoms with van der Waals surface area (Å²) < 4.78 is 0. The van der Waals surface area contributed by atoms with Gasteiger partial charge in [0, 0.05) is 13.1 Å². The summed E-state index contributed by atoms with van der Waals surface area (Å²) in [5.41, 5.74) is 5.43. The number of carbonyl (C=O) groups is 3. The van der Waals surface area contributed by atoms with E-state index in [9.17, 15) is 24.5 Å². The van der Waals surface area contributed by atoms with Crippen LogP contribution < -0.4 is 5.73 Å². The average molecular weight is 278 g/mol. The molecular formula is C11H10N4O5. The van der Waals surface area contributed by atoms with E-state index in [1.165, 1.54) is 25.2 Å². The van der Waals surface area contributed by atoms with Crippen LogP contribution in [0.2, 0.25) is 0 Å². The topological polar surface area (TPSA) is 127 Å². The monoisotopic (exact) mass is 278 g/mol. The van der Waals surface area contributed by atoms with E-state index in [1.54, 1.807) is 0 Å². The van der Waals surface area contributed by atoms with Crippen LogP contribution in [-0.4, -0.2) is 39.6 Å². The molecule has 9 heteroatoms. The molecule has 104 valence electrons. The third kappa shape index (κ3) is 2.05. The highest BCUT2D eigenvalue weighted by Gasteiger charge is 2.42. The first kappa shape index (κ1) is 13.5. The molecule has 2 rings (SSSR count). The lowest BCUT2D eigenvalue weighted by Crippen LogP contribution is -2.31. The number of hydrogen-bond donors (Lipinski definition) is 1. The zero-order chi connectivity index (χ0) is 15.0. The number of imide groups is 2. The molecule has 0 aromatic heterocycles. The first-order valence-corrected chi connectivity index (χ1v) is 5.49. The van der Waals surface area contributed by atoms with Crippen molar-refractivity contribution in [2.45, 2.75) is 6.54 Å². The molecular weight excluding hydrogens is 268 g/mol. The third-order valence-electron chi connectivity index (χ3n) is 2.88. The third-order valence-corrected chi connectivity index (χ3v) is 2.88. The number of benzene rings is 1.